The smallest absolute Gasteiger partial charge is 0.357 e. The van der Waals surface area contributed by atoms with E-state index in [1.54, 1.807) is 23.5 Å². The van der Waals surface area contributed by atoms with Gasteiger partial charge in [-0.15, -0.1) is 21.5 Å². The molecule has 11 nitrogen and oxygen atoms in total. The topological polar surface area (TPSA) is 107 Å². The summed E-state index contributed by atoms with van der Waals surface area (Å²) >= 11 is 3.05. The monoisotopic (exact) mass is 819 g/mol. The summed E-state index contributed by atoms with van der Waals surface area (Å²) in [7, 11) is 4.26. The molecule has 1 aliphatic rings. The van der Waals surface area contributed by atoms with E-state index in [1.807, 2.05) is 30.0 Å². The minimum atomic E-state index is -1.22. The molecule has 56 heavy (non-hydrogen) atoms. The minimum absolute atomic E-state index is 0.234. The van der Waals surface area contributed by atoms with Crippen molar-refractivity contribution in [1.29, 1.82) is 0 Å². The summed E-state index contributed by atoms with van der Waals surface area (Å²) in [5.74, 6) is 0.687. The normalized spacial score (nSPS) is 13.5. The lowest BCUT2D eigenvalue weighted by Gasteiger charge is -2.28. The highest BCUT2D eigenvalue weighted by molar-refractivity contribution is 7.16. The van der Waals surface area contributed by atoms with Gasteiger partial charge < -0.3 is 24.0 Å². The maximum absolute atomic E-state index is 14.9. The van der Waals surface area contributed by atoms with Gasteiger partial charge in [0, 0.05) is 37.2 Å². The Labute approximate surface area is 338 Å². The lowest BCUT2D eigenvalue weighted by Crippen LogP contribution is -2.27. The van der Waals surface area contributed by atoms with Crippen LogP contribution in [0, 0.1) is 12.7 Å². The Hall–Kier alpha value is -4.02. The van der Waals surface area contributed by atoms with E-state index in [4.69, 9.17) is 29.3 Å². The molecule has 0 fully saturated rings. The second-order valence-corrected chi connectivity index (χ2v) is 23.4. The first kappa shape index (κ1) is 41.6. The Bertz CT molecular complexity index is 2200. The highest BCUT2D eigenvalue weighted by Crippen LogP contribution is 2.39. The summed E-state index contributed by atoms with van der Waals surface area (Å²) in [6.45, 7) is 12.2. The lowest BCUT2D eigenvalue weighted by molar-refractivity contribution is 0.0593. The molecule has 0 N–H and O–H groups in total. The third kappa shape index (κ3) is 10.5. The van der Waals surface area contributed by atoms with Crippen LogP contribution >= 0.6 is 22.7 Å². The highest BCUT2D eigenvalue weighted by atomic mass is 32.1. The summed E-state index contributed by atoms with van der Waals surface area (Å²) in [5, 5.41) is 10.0. The Morgan fingerprint density at radius 2 is 1.86 bits per heavy atom. The SMILES string of the molecule is COC(=O)c1nc(N2CCCc3c2nnc(/N=c2\sc4ccccc4n2COCC[Si](C)(C)C)c3C)sc1CCCOc1ccc(CCCCN(C)C)cc1F. The largest absolute Gasteiger partial charge is 0.491 e. The van der Waals surface area contributed by atoms with E-state index in [2.05, 4.69) is 60.4 Å². The summed E-state index contributed by atoms with van der Waals surface area (Å²) in [5.41, 5.74) is 4.36. The number of unbranched alkanes of at least 4 members (excludes halogenated alkanes) is 1. The van der Waals surface area contributed by atoms with Gasteiger partial charge in [-0.3, -0.25) is 4.57 Å². The molecular weight excluding hydrogens is 766 g/mol. The number of hydrogen-bond donors (Lipinski definition) is 0. The highest BCUT2D eigenvalue weighted by Gasteiger charge is 2.29. The van der Waals surface area contributed by atoms with Crippen LogP contribution in [0.15, 0.2) is 47.5 Å². The quantitative estimate of drug-likeness (QED) is 0.0488. The maximum atomic E-state index is 14.9. The molecule has 0 saturated carbocycles. The van der Waals surface area contributed by atoms with Crippen LogP contribution in [0.4, 0.5) is 21.2 Å². The van der Waals surface area contributed by atoms with Crippen molar-refractivity contribution < 1.29 is 23.4 Å². The zero-order valence-electron chi connectivity index (χ0n) is 33.7. The van der Waals surface area contributed by atoms with E-state index in [1.165, 1.54) is 18.4 Å². The fraction of sp³-hybridized carbons (Fsp3) is 0.488. The second-order valence-electron chi connectivity index (χ2n) is 15.7. The summed E-state index contributed by atoms with van der Waals surface area (Å²) in [4.78, 5) is 28.5. The van der Waals surface area contributed by atoms with Gasteiger partial charge in [0.15, 0.2) is 38.8 Å². The molecule has 0 amide bonds. The average Bonchev–Trinajstić information content (AvgIpc) is 3.75. The molecule has 0 atom stereocenters. The molecule has 0 spiro atoms. The van der Waals surface area contributed by atoms with Crippen LogP contribution < -0.4 is 14.4 Å². The van der Waals surface area contributed by atoms with Crippen molar-refractivity contribution in [1.82, 2.24) is 24.6 Å². The van der Waals surface area contributed by atoms with E-state index in [0.717, 1.165) is 93.7 Å². The van der Waals surface area contributed by atoms with Crippen molar-refractivity contribution >= 4 is 63.7 Å². The van der Waals surface area contributed by atoms with Gasteiger partial charge in [0.05, 0.1) is 23.9 Å². The number of esters is 1. The van der Waals surface area contributed by atoms with Crippen LogP contribution in [0.3, 0.4) is 0 Å². The zero-order valence-corrected chi connectivity index (χ0v) is 36.3. The average molecular weight is 820 g/mol. The van der Waals surface area contributed by atoms with Gasteiger partial charge in [-0.2, -0.15) is 4.99 Å². The molecule has 0 aliphatic carbocycles. The molecule has 0 unspecified atom stereocenters. The van der Waals surface area contributed by atoms with Crippen molar-refractivity contribution in [3.8, 4) is 5.75 Å². The molecule has 0 radical (unpaired) electrons. The number of methoxy groups -OCH3 is 1. The summed E-state index contributed by atoms with van der Waals surface area (Å²) in [6.07, 6.45) is 5.70. The predicted molar refractivity (Wildman–Crippen MR) is 226 cm³/mol. The number of anilines is 2. The van der Waals surface area contributed by atoms with Gasteiger partial charge in [-0.05, 0) is 108 Å². The molecule has 0 bridgehead atoms. The van der Waals surface area contributed by atoms with Gasteiger partial charge in [0.1, 0.15) is 6.73 Å². The number of benzene rings is 2. The summed E-state index contributed by atoms with van der Waals surface area (Å²) in [6, 6.07) is 14.6. The maximum Gasteiger partial charge on any atom is 0.357 e. The Kier molecular flexibility index (Phi) is 14.1. The number of ether oxygens (including phenoxy) is 3. The number of carbonyl (C=O) groups is 1. The number of fused-ring (bicyclic) bond motifs is 2. The van der Waals surface area contributed by atoms with Gasteiger partial charge >= 0.3 is 5.97 Å². The van der Waals surface area contributed by atoms with E-state index in [-0.39, 0.29) is 17.3 Å². The number of thiazole rings is 2. The first-order valence-electron chi connectivity index (χ1n) is 19.4. The van der Waals surface area contributed by atoms with E-state index in [0.29, 0.717) is 43.7 Å². The lowest BCUT2D eigenvalue weighted by atomic mass is 10.0. The number of aryl methyl sites for hydroxylation is 2. The third-order valence-electron chi connectivity index (χ3n) is 9.79. The fourth-order valence-electron chi connectivity index (χ4n) is 6.59. The van der Waals surface area contributed by atoms with Crippen LogP contribution in [0.1, 0.15) is 57.7 Å². The van der Waals surface area contributed by atoms with Crippen LogP contribution in [0.25, 0.3) is 10.2 Å². The Balaban J connectivity index is 1.17. The summed E-state index contributed by atoms with van der Waals surface area (Å²) < 4.78 is 35.3. The third-order valence-corrected chi connectivity index (χ3v) is 13.7. The number of aromatic nitrogens is 4. The van der Waals surface area contributed by atoms with Crippen molar-refractivity contribution in [2.24, 2.45) is 4.99 Å². The molecule has 0 saturated heterocycles. The molecule has 3 aromatic heterocycles. The number of carbonyl (C=O) groups excluding carboxylic acids is 1. The molecule has 1 aliphatic heterocycles. The van der Waals surface area contributed by atoms with Crippen LogP contribution in [-0.4, -0.2) is 86.2 Å². The first-order chi connectivity index (χ1) is 26.9. The van der Waals surface area contributed by atoms with Crippen molar-refractivity contribution in [2.75, 3.05) is 52.4 Å². The molecule has 5 aromatic rings. The van der Waals surface area contributed by atoms with E-state index in [9.17, 15) is 9.18 Å². The molecule has 4 heterocycles. The Morgan fingerprint density at radius 3 is 2.62 bits per heavy atom. The van der Waals surface area contributed by atoms with Crippen molar-refractivity contribution in [2.45, 2.75) is 84.3 Å². The van der Waals surface area contributed by atoms with Gasteiger partial charge in [0.25, 0.3) is 0 Å². The predicted octanol–water partition coefficient (Wildman–Crippen LogP) is 8.71. The molecule has 2 aromatic carbocycles. The fourth-order valence-corrected chi connectivity index (χ4v) is 9.48. The minimum Gasteiger partial charge on any atom is -0.491 e. The van der Waals surface area contributed by atoms with Crippen molar-refractivity contribution in [3.05, 3.63) is 80.3 Å². The number of nitrogens with zero attached hydrogens (tertiary/aromatic N) is 7. The standard InChI is InChI=1S/C41H54FN7O4S2Si/c1-28-30-15-12-22-48(38(30)46-45-37(28)44-41-49(27-52-24-25-56(5,6)7)32-16-8-9-17-34(32)54-41)40-43-36(39(50)51-4)35(55-40)18-13-23-53-33-20-19-29(26-31(33)42)14-10-11-21-47(2)3/h8-9,16-17,19-20,26H,10-15,18,21-25,27H2,1-7H3/b44-41-. The van der Waals surface area contributed by atoms with Gasteiger partial charge in [-0.1, -0.05) is 49.2 Å². The first-order valence-corrected chi connectivity index (χ1v) is 24.7. The number of rotatable bonds is 18. The zero-order chi connectivity index (χ0) is 39.8. The van der Waals surface area contributed by atoms with Gasteiger partial charge in [0.2, 0.25) is 0 Å². The Morgan fingerprint density at radius 1 is 1.04 bits per heavy atom. The van der Waals surface area contributed by atoms with Crippen molar-refractivity contribution in [3.63, 3.8) is 0 Å². The molecule has 6 rings (SSSR count). The van der Waals surface area contributed by atoms with E-state index < -0.39 is 14.0 Å². The number of hydrogen-bond acceptors (Lipinski definition) is 12. The molecule has 300 valence electrons. The molecular formula is C41H54FN7O4S2Si. The van der Waals surface area contributed by atoms with Crippen LogP contribution in [0.2, 0.25) is 25.7 Å². The van der Waals surface area contributed by atoms with E-state index >= 15 is 0 Å². The van der Waals surface area contributed by atoms with Gasteiger partial charge in [-0.25, -0.2) is 14.2 Å². The second kappa shape index (κ2) is 18.9. The number of halogens is 1. The molecule has 15 heteroatoms. The van der Waals surface area contributed by atoms with Crippen LogP contribution in [-0.2, 0) is 35.5 Å². The number of para-hydroxylation sites is 1. The van der Waals surface area contributed by atoms with Crippen LogP contribution in [0.5, 0.6) is 5.75 Å².